The molecule has 664 valence electrons. The van der Waals surface area contributed by atoms with Gasteiger partial charge in [-0.2, -0.15) is 0 Å². The Balaban J connectivity index is 0.000000628. The van der Waals surface area contributed by atoms with Gasteiger partial charge in [-0.25, -0.2) is 39.5 Å². The molecule has 4 saturated heterocycles. The molecule has 0 radical (unpaired) electrons. The van der Waals surface area contributed by atoms with Gasteiger partial charge in [0.25, 0.3) is 17.4 Å². The van der Waals surface area contributed by atoms with E-state index in [2.05, 4.69) is 105 Å². The number of imidazole rings is 2. The van der Waals surface area contributed by atoms with E-state index in [1.807, 2.05) is 0 Å². The summed E-state index contributed by atoms with van der Waals surface area (Å²) in [6.07, 6.45) is -13.3. The Kier molecular flexibility index (Phi) is 34.1. The van der Waals surface area contributed by atoms with Gasteiger partial charge in [-0.1, -0.05) is 6.92 Å². The van der Waals surface area contributed by atoms with Crippen molar-refractivity contribution in [1.82, 2.24) is 80.9 Å². The number of primary amides is 3. The maximum absolute atomic E-state index is 15.2. The third-order valence-electron chi connectivity index (χ3n) is 20.8. The number of amides is 8. The zero-order chi connectivity index (χ0) is 88.7. The normalized spacial score (nSPS) is 24.8. The van der Waals surface area contributed by atoms with Crippen LogP contribution in [0.3, 0.4) is 0 Å². The largest absolute Gasteiger partial charge is 0.441 e. The summed E-state index contributed by atoms with van der Waals surface area (Å²) in [4.78, 5) is 160. The number of nitrogen functional groups attached to an aromatic ring is 1. The molecule has 19 atom stereocenters. The smallest absolute Gasteiger partial charge is 0.404 e. The lowest BCUT2D eigenvalue weighted by atomic mass is 9.69. The van der Waals surface area contributed by atoms with Crippen LogP contribution in [-0.4, -0.2) is 297 Å². The van der Waals surface area contributed by atoms with Gasteiger partial charge in [-0.3, -0.25) is 47.5 Å². The van der Waals surface area contributed by atoms with Crippen molar-refractivity contribution in [3.63, 3.8) is 0 Å². The molecule has 48 heteroatoms. The second kappa shape index (κ2) is 42.5. The summed E-state index contributed by atoms with van der Waals surface area (Å²) in [7, 11) is 3.26. The van der Waals surface area contributed by atoms with E-state index in [0.29, 0.717) is 33.4 Å². The highest BCUT2D eigenvalue weighted by Crippen LogP contribution is 2.49. The molecule has 4 aliphatic heterocycles. The highest BCUT2D eigenvalue weighted by molar-refractivity contribution is 7.95. The molecule has 5 aliphatic rings. The first-order valence-electron chi connectivity index (χ1n) is 38.3. The fourth-order valence-corrected chi connectivity index (χ4v) is 16.2. The first-order valence-corrected chi connectivity index (χ1v) is 42.3. The molecule has 11 rings (SSSR count). The number of carbonyl (C=O) groups excluding carboxylic acids is 8. The number of aryl methyl sites for hydroxylation is 1. The number of nitrogens with two attached hydrogens (primary N) is 5. The molecule has 0 aromatic carbocycles. The summed E-state index contributed by atoms with van der Waals surface area (Å²) >= 11 is 2.52. The number of aliphatic hydroxyl groups is 8. The van der Waals surface area contributed by atoms with Crippen LogP contribution in [0, 0.1) is 18.8 Å². The number of aromatic nitrogens is 10. The highest BCUT2D eigenvalue weighted by atomic mass is 32.2. The number of nitrogens with zero attached hydrogens (tertiary/aromatic N) is 8. The number of nitrogens with one attached hydrogen (secondary N) is 8. The van der Waals surface area contributed by atoms with E-state index >= 15 is 4.79 Å². The average molecular weight is 1750 g/mol. The van der Waals surface area contributed by atoms with Crippen molar-refractivity contribution in [3.8, 4) is 10.7 Å². The predicted molar refractivity (Wildman–Crippen MR) is 431 cm³/mol. The number of carbonyl (C=O) groups is 8. The Morgan fingerprint density at radius 1 is 0.775 bits per heavy atom. The van der Waals surface area contributed by atoms with E-state index in [9.17, 15) is 84.0 Å². The molecule has 120 heavy (non-hydrogen) atoms. The SMILES string of the molecule is CC12CCC(CC1)C(C)(C)O2.Cc1c(N)nc([C@H](CC(N)=O)NC[C@H](N)C(N)=O)nc1C(=O)N[C@H](C(=O)N[C@H](C)[C@@H](O)[C@H](C)C(=O)N[C@H](C(=O)NCCc1nc(-c2nc(C(=O)NCCC[S+](C)C)cs2)cs1)[C@@H](C)O)[C@@H](O[C@@H]1O[C@@H](CO)[C@@H](O)[C@H](O)[C@@H]1O[C@H]1O[C@H](CO)[C@@H](O)[C@H](OC(N)=O)[C@@H]1O)c1cnc[nH]1.Cn1c(=O)c2[nH]cnc2n(C)c1=O. The standard InChI is InChI=1S/C55H83N17O21S3.C10H18O.C7H8N4O2/c1-20-33(69-46(72-44(20)58)25(12-31(57)76)64-13-24(56)45(59)82)50(86)71-35(41(26-14-61-19-65-26)91-54-43(39(80)37(78)29(15-73)90-54)92-53-40(81)42(93-55(60)88)38(79)30(16-74)89-53)51(87)66-22(3)36(77)21(2)47(83)70-34(23(4)75)49(85)63-10-8-32-67-28(18-94-32)52-68-27(17-95-52)48(84)62-9-7-11-96(5)6;1-9(2)8-4-6-10(3,11-9)7-5-8;1-10-5-4(8-3-9-5)6(12)11(2)7(10)13/h14,17-19,21-25,29-30,34-43,53-54,64,73-75,77-81H,7-13,15-16,56H2,1-6H3,(H13-,57,58,59,60,61,62,63,65,66,69,70,71,72,76,82,83,84,85,86,87,88);8H,4-7H2,1-3H3;3H,1-2H3,(H,8,9)/p+1/t21-,22+,23+,24-,25-,29-,30+,34-,35-,36-,37+,38+,39-,40-,41-,42-,43-,53+,54-;;/m0../s1. The van der Waals surface area contributed by atoms with Gasteiger partial charge in [0.15, 0.2) is 24.3 Å². The lowest BCUT2D eigenvalue weighted by Crippen LogP contribution is -2.65. The fraction of sp³-hybridized carbons (Fsp3) is 0.639. The Morgan fingerprint density at radius 3 is 2.05 bits per heavy atom. The molecule has 6 aromatic heterocycles. The Morgan fingerprint density at radius 2 is 1.45 bits per heavy atom. The van der Waals surface area contributed by atoms with Crippen LogP contribution >= 0.6 is 22.7 Å². The number of aliphatic hydroxyl groups excluding tert-OH is 8. The maximum Gasteiger partial charge on any atom is 0.404 e. The lowest BCUT2D eigenvalue weighted by Gasteiger charge is -2.54. The quantitative estimate of drug-likeness (QED) is 0.0130. The molecule has 5 fully saturated rings. The van der Waals surface area contributed by atoms with Crippen molar-refractivity contribution in [2.24, 2.45) is 48.9 Å². The Bertz CT molecular complexity index is 4610. The molecule has 26 N–H and O–H groups in total. The number of hydrogen-bond donors (Lipinski definition) is 21. The zero-order valence-electron chi connectivity index (χ0n) is 67.9. The van der Waals surface area contributed by atoms with Crippen molar-refractivity contribution in [3.05, 3.63) is 83.9 Å². The van der Waals surface area contributed by atoms with E-state index in [1.165, 1.54) is 94.0 Å². The second-order valence-corrected chi connectivity index (χ2v) is 34.7. The Hall–Kier alpha value is -9.19. The number of rotatable bonds is 35. The van der Waals surface area contributed by atoms with Crippen LogP contribution in [0.4, 0.5) is 10.6 Å². The summed E-state index contributed by atoms with van der Waals surface area (Å²) in [5.41, 5.74) is 28.5. The second-order valence-electron chi connectivity index (χ2n) is 30.6. The number of anilines is 1. The van der Waals surface area contributed by atoms with E-state index in [-0.39, 0.29) is 87.4 Å². The summed E-state index contributed by atoms with van der Waals surface area (Å²) in [6.45, 7) is 9.93. The summed E-state index contributed by atoms with van der Waals surface area (Å²) in [5, 5.41) is 108. The third-order valence-corrected chi connectivity index (χ3v) is 23.7. The van der Waals surface area contributed by atoms with Crippen molar-refractivity contribution in [2.75, 3.05) is 56.8 Å². The van der Waals surface area contributed by atoms with E-state index < -0.39 is 183 Å². The molecule has 8 amide bonds. The molecule has 0 unspecified atom stereocenters. The van der Waals surface area contributed by atoms with Gasteiger partial charge in [0.1, 0.15) is 106 Å². The molecule has 1 aliphatic carbocycles. The predicted octanol–water partition coefficient (Wildman–Crippen LogP) is -6.00. The minimum atomic E-state index is -2.20. The minimum absolute atomic E-state index is 0.00498. The highest BCUT2D eigenvalue weighted by Gasteiger charge is 2.54. The molecule has 1 saturated carbocycles. The van der Waals surface area contributed by atoms with Crippen LogP contribution in [-0.2, 0) is 83.8 Å². The number of aromatic amines is 2. The minimum Gasteiger partial charge on any atom is -0.441 e. The fourth-order valence-electron chi connectivity index (χ4n) is 13.8. The van der Waals surface area contributed by atoms with Crippen LogP contribution in [0.1, 0.15) is 135 Å². The van der Waals surface area contributed by atoms with Crippen molar-refractivity contribution < 1.29 is 108 Å². The number of thiazole rings is 2. The number of ether oxygens (including phenoxy) is 6. The van der Waals surface area contributed by atoms with Crippen LogP contribution in [0.15, 0.2) is 39.2 Å². The molecular weight excluding hydrogens is 1640 g/mol. The molecule has 45 nitrogen and oxygen atoms in total. The van der Waals surface area contributed by atoms with E-state index in [4.69, 9.17) is 57.1 Å². The molecule has 6 aromatic rings. The molecule has 10 heterocycles. The molecular formula is C72H110N21O24S3+. The maximum atomic E-state index is 15.2. The summed E-state index contributed by atoms with van der Waals surface area (Å²) in [6, 6.07) is -7.85. The van der Waals surface area contributed by atoms with Crippen molar-refractivity contribution >= 4 is 98.0 Å². The van der Waals surface area contributed by atoms with Gasteiger partial charge in [-0.15, -0.1) is 22.7 Å². The average Bonchev–Trinajstić information content (AvgIpc) is 1.27. The van der Waals surface area contributed by atoms with Crippen molar-refractivity contribution in [2.45, 2.75) is 215 Å². The molecule has 0 spiro atoms. The lowest BCUT2D eigenvalue weighted by molar-refractivity contribution is -0.372. The van der Waals surface area contributed by atoms with Crippen LogP contribution in [0.25, 0.3) is 21.9 Å². The van der Waals surface area contributed by atoms with Gasteiger partial charge < -0.3 is 140 Å². The topological polar surface area (TPSA) is 709 Å². The van der Waals surface area contributed by atoms with Gasteiger partial charge in [-0.05, 0) is 84.0 Å². The first kappa shape index (κ1) is 96.3. The first-order chi connectivity index (χ1) is 56.5. The number of fused-ring (bicyclic) bond motifs is 4. The zero-order valence-corrected chi connectivity index (χ0v) is 70.4. The van der Waals surface area contributed by atoms with Gasteiger partial charge in [0.2, 0.25) is 29.5 Å². The van der Waals surface area contributed by atoms with E-state index in [1.54, 1.807) is 17.8 Å². The monoisotopic (exact) mass is 1750 g/mol. The number of H-pyrrole nitrogens is 2. The van der Waals surface area contributed by atoms with Gasteiger partial charge >= 0.3 is 11.8 Å². The Labute approximate surface area is 698 Å². The van der Waals surface area contributed by atoms with Crippen molar-refractivity contribution in [1.29, 1.82) is 0 Å². The molecule has 2 bridgehead atoms. The summed E-state index contributed by atoms with van der Waals surface area (Å²) < 4.78 is 37.2. The summed E-state index contributed by atoms with van der Waals surface area (Å²) in [5.74, 6) is -6.86. The van der Waals surface area contributed by atoms with Gasteiger partial charge in [0.05, 0.1) is 103 Å². The van der Waals surface area contributed by atoms with Gasteiger partial charge in [0, 0.05) is 69.3 Å². The number of hydrogen-bond acceptors (Lipinski definition) is 35. The third kappa shape index (κ3) is 24.4. The van der Waals surface area contributed by atoms with Crippen LogP contribution in [0.5, 0.6) is 0 Å². The van der Waals surface area contributed by atoms with E-state index in [0.717, 1.165) is 35.2 Å². The van der Waals surface area contributed by atoms with Crippen LogP contribution < -0.4 is 71.8 Å². The van der Waals surface area contributed by atoms with Crippen LogP contribution in [0.2, 0.25) is 0 Å².